The van der Waals surface area contributed by atoms with Crippen molar-refractivity contribution in [3.05, 3.63) is 16.5 Å². The monoisotopic (exact) mass is 297 g/mol. The highest BCUT2D eigenvalue weighted by molar-refractivity contribution is 6.30. The number of nitrogens with zero attached hydrogens (tertiary/aromatic N) is 2. The highest BCUT2D eigenvalue weighted by Gasteiger charge is 2.20. The lowest BCUT2D eigenvalue weighted by molar-refractivity contribution is 0.104. The Morgan fingerprint density at radius 3 is 2.85 bits per heavy atom. The SMILES string of the molecule is CCCc1nc(Cl)c(C)c(NCC2CCCC(O)C2)n1. The lowest BCUT2D eigenvalue weighted by Crippen LogP contribution is -2.25. The number of aliphatic hydroxyl groups excluding tert-OH is 1. The van der Waals surface area contributed by atoms with Crippen LogP contribution in [0.15, 0.2) is 0 Å². The van der Waals surface area contributed by atoms with Gasteiger partial charge in [0.15, 0.2) is 0 Å². The van der Waals surface area contributed by atoms with Crippen molar-refractivity contribution < 1.29 is 5.11 Å². The average Bonchev–Trinajstić information content (AvgIpc) is 2.41. The Hall–Kier alpha value is -0.870. The maximum absolute atomic E-state index is 9.72. The van der Waals surface area contributed by atoms with Gasteiger partial charge in [0, 0.05) is 18.5 Å². The van der Waals surface area contributed by atoms with Gasteiger partial charge in [-0.3, -0.25) is 0 Å². The molecule has 0 radical (unpaired) electrons. The van der Waals surface area contributed by atoms with Crippen LogP contribution in [0.5, 0.6) is 0 Å². The molecule has 1 aliphatic rings. The molecule has 2 unspecified atom stereocenters. The zero-order valence-electron chi connectivity index (χ0n) is 12.3. The summed E-state index contributed by atoms with van der Waals surface area (Å²) in [4.78, 5) is 8.86. The minimum absolute atomic E-state index is 0.138. The van der Waals surface area contributed by atoms with Crippen molar-refractivity contribution in [3.8, 4) is 0 Å². The van der Waals surface area contributed by atoms with Crippen molar-refractivity contribution in [1.29, 1.82) is 0 Å². The first-order valence-corrected chi connectivity index (χ1v) is 7.93. The van der Waals surface area contributed by atoms with Gasteiger partial charge in [-0.2, -0.15) is 0 Å². The lowest BCUT2D eigenvalue weighted by atomic mass is 9.87. The van der Waals surface area contributed by atoms with E-state index < -0.39 is 0 Å². The topological polar surface area (TPSA) is 58.0 Å². The molecule has 0 spiro atoms. The van der Waals surface area contributed by atoms with Crippen LogP contribution in [0.4, 0.5) is 5.82 Å². The van der Waals surface area contributed by atoms with Gasteiger partial charge in [0.25, 0.3) is 0 Å². The van der Waals surface area contributed by atoms with Gasteiger partial charge in [-0.25, -0.2) is 9.97 Å². The third-order valence-corrected chi connectivity index (χ3v) is 4.29. The fourth-order valence-electron chi connectivity index (χ4n) is 2.73. The number of anilines is 1. The number of hydrogen-bond donors (Lipinski definition) is 2. The van der Waals surface area contributed by atoms with Gasteiger partial charge in [-0.1, -0.05) is 24.9 Å². The predicted molar refractivity (Wildman–Crippen MR) is 82.2 cm³/mol. The number of aryl methyl sites for hydroxylation is 1. The summed E-state index contributed by atoms with van der Waals surface area (Å²) in [5.74, 6) is 2.16. The third kappa shape index (κ3) is 4.06. The van der Waals surface area contributed by atoms with E-state index in [1.807, 2.05) is 6.92 Å². The largest absolute Gasteiger partial charge is 0.393 e. The molecule has 0 saturated heterocycles. The molecule has 1 aliphatic carbocycles. The molecule has 2 rings (SSSR count). The molecule has 0 aromatic carbocycles. The zero-order valence-corrected chi connectivity index (χ0v) is 13.1. The standard InChI is InChI=1S/C15H24ClN3O/c1-3-5-13-18-14(16)10(2)15(19-13)17-9-11-6-4-7-12(20)8-11/h11-12,20H,3-9H2,1-2H3,(H,17,18,19). The second-order valence-electron chi connectivity index (χ2n) is 5.72. The first-order valence-electron chi connectivity index (χ1n) is 7.55. The molecule has 5 heteroatoms. The van der Waals surface area contributed by atoms with Crippen molar-refractivity contribution in [2.45, 2.75) is 58.5 Å². The minimum Gasteiger partial charge on any atom is -0.393 e. The Labute approximate surface area is 126 Å². The van der Waals surface area contributed by atoms with Crippen LogP contribution in [0, 0.1) is 12.8 Å². The van der Waals surface area contributed by atoms with Gasteiger partial charge in [-0.05, 0) is 38.5 Å². The predicted octanol–water partition coefficient (Wildman–Crippen LogP) is 3.35. The Morgan fingerprint density at radius 2 is 2.15 bits per heavy atom. The molecule has 0 aliphatic heterocycles. The van der Waals surface area contributed by atoms with Crippen molar-refractivity contribution in [1.82, 2.24) is 9.97 Å². The van der Waals surface area contributed by atoms with Crippen LogP contribution in [-0.2, 0) is 6.42 Å². The van der Waals surface area contributed by atoms with Crippen LogP contribution in [0.3, 0.4) is 0 Å². The van der Waals surface area contributed by atoms with Gasteiger partial charge >= 0.3 is 0 Å². The summed E-state index contributed by atoms with van der Waals surface area (Å²) >= 11 is 6.17. The number of aromatic nitrogens is 2. The lowest BCUT2D eigenvalue weighted by Gasteiger charge is -2.26. The summed E-state index contributed by atoms with van der Waals surface area (Å²) in [7, 11) is 0. The number of aliphatic hydroxyl groups is 1. The molecule has 1 heterocycles. The van der Waals surface area contributed by atoms with Gasteiger partial charge in [0.05, 0.1) is 6.10 Å². The molecule has 1 aromatic rings. The van der Waals surface area contributed by atoms with E-state index in [2.05, 4.69) is 22.2 Å². The number of hydrogen-bond acceptors (Lipinski definition) is 4. The van der Waals surface area contributed by atoms with Crippen molar-refractivity contribution in [3.63, 3.8) is 0 Å². The highest BCUT2D eigenvalue weighted by atomic mass is 35.5. The van der Waals surface area contributed by atoms with Crippen LogP contribution in [0.25, 0.3) is 0 Å². The van der Waals surface area contributed by atoms with Gasteiger partial charge in [-0.15, -0.1) is 0 Å². The first kappa shape index (κ1) is 15.5. The third-order valence-electron chi connectivity index (χ3n) is 3.92. The van der Waals surface area contributed by atoms with Crippen LogP contribution >= 0.6 is 11.6 Å². The van der Waals surface area contributed by atoms with Crippen molar-refractivity contribution in [2.75, 3.05) is 11.9 Å². The van der Waals surface area contributed by atoms with E-state index >= 15 is 0 Å². The smallest absolute Gasteiger partial charge is 0.137 e. The molecule has 2 N–H and O–H groups in total. The molecule has 2 atom stereocenters. The van der Waals surface area contributed by atoms with E-state index in [9.17, 15) is 5.11 Å². The Balaban J connectivity index is 2.00. The normalized spacial score (nSPS) is 22.8. The second-order valence-corrected chi connectivity index (χ2v) is 6.08. The molecule has 20 heavy (non-hydrogen) atoms. The summed E-state index contributed by atoms with van der Waals surface area (Å²) < 4.78 is 0. The highest BCUT2D eigenvalue weighted by Crippen LogP contribution is 2.26. The van der Waals surface area contributed by atoms with Gasteiger partial charge in [0.1, 0.15) is 16.8 Å². The van der Waals surface area contributed by atoms with Crippen LogP contribution < -0.4 is 5.32 Å². The maximum atomic E-state index is 9.72. The van der Waals surface area contributed by atoms with Crippen molar-refractivity contribution in [2.24, 2.45) is 5.92 Å². The molecule has 112 valence electrons. The molecule has 1 saturated carbocycles. The molecule has 4 nitrogen and oxygen atoms in total. The summed E-state index contributed by atoms with van der Waals surface area (Å²) in [6, 6.07) is 0. The fourth-order valence-corrected chi connectivity index (χ4v) is 2.92. The Morgan fingerprint density at radius 1 is 1.35 bits per heavy atom. The van der Waals surface area contributed by atoms with E-state index in [-0.39, 0.29) is 6.10 Å². The van der Waals surface area contributed by atoms with Gasteiger partial charge < -0.3 is 10.4 Å². The van der Waals surface area contributed by atoms with Crippen LogP contribution in [0.1, 0.15) is 50.4 Å². The molecular formula is C15H24ClN3O. The minimum atomic E-state index is -0.138. The molecule has 0 amide bonds. The van der Waals surface area contributed by atoms with E-state index in [1.165, 1.54) is 6.42 Å². The van der Waals surface area contributed by atoms with Crippen LogP contribution in [-0.4, -0.2) is 27.7 Å². The molecular weight excluding hydrogens is 274 g/mol. The first-order chi connectivity index (χ1) is 9.60. The van der Waals surface area contributed by atoms with E-state index in [0.717, 1.165) is 55.9 Å². The van der Waals surface area contributed by atoms with Gasteiger partial charge in [0.2, 0.25) is 0 Å². The van der Waals surface area contributed by atoms with E-state index in [1.54, 1.807) is 0 Å². The Kier molecular flexibility index (Phi) is 5.61. The van der Waals surface area contributed by atoms with E-state index in [4.69, 9.17) is 11.6 Å². The number of nitrogens with one attached hydrogen (secondary N) is 1. The molecule has 1 fully saturated rings. The quantitative estimate of drug-likeness (QED) is 0.818. The fraction of sp³-hybridized carbons (Fsp3) is 0.733. The molecule has 1 aromatic heterocycles. The van der Waals surface area contributed by atoms with Crippen LogP contribution in [0.2, 0.25) is 5.15 Å². The maximum Gasteiger partial charge on any atom is 0.137 e. The van der Waals surface area contributed by atoms with Crippen molar-refractivity contribution >= 4 is 17.4 Å². The summed E-state index contributed by atoms with van der Waals surface area (Å²) in [6.45, 7) is 4.89. The zero-order chi connectivity index (χ0) is 14.5. The molecule has 0 bridgehead atoms. The Bertz CT molecular complexity index is 453. The average molecular weight is 298 g/mol. The summed E-state index contributed by atoms with van der Waals surface area (Å²) in [6.07, 6.45) is 5.82. The number of rotatable bonds is 5. The van der Waals surface area contributed by atoms with E-state index in [0.29, 0.717) is 11.1 Å². The summed E-state index contributed by atoms with van der Waals surface area (Å²) in [5, 5.41) is 13.6. The summed E-state index contributed by atoms with van der Waals surface area (Å²) in [5.41, 5.74) is 0.905. The second kappa shape index (κ2) is 7.23. The number of halogens is 1.